The van der Waals surface area contributed by atoms with Gasteiger partial charge in [0.1, 0.15) is 6.54 Å². The smallest absolute Gasteiger partial charge is 0.358 e. The molecule has 0 saturated carbocycles. The molecule has 0 saturated heterocycles. The Morgan fingerprint density at radius 3 is 2.55 bits per heavy atom. The van der Waals surface area contributed by atoms with Crippen LogP contribution in [-0.4, -0.2) is 49.5 Å². The highest BCUT2D eigenvalue weighted by Gasteiger charge is 2.25. The zero-order valence-electron chi connectivity index (χ0n) is 11.9. The average molecular weight is 300 g/mol. The van der Waals surface area contributed by atoms with E-state index in [9.17, 15) is 9.59 Å². The zero-order valence-corrected chi connectivity index (χ0v) is 12.7. The maximum absolute atomic E-state index is 11.8. The van der Waals surface area contributed by atoms with Gasteiger partial charge >= 0.3 is 5.97 Å². The Morgan fingerprint density at radius 2 is 2.10 bits per heavy atom. The maximum atomic E-state index is 11.8. The summed E-state index contributed by atoms with van der Waals surface area (Å²) in [5, 5.41) is 18.6. The van der Waals surface area contributed by atoms with Crippen molar-refractivity contribution in [2.45, 2.75) is 38.0 Å². The minimum atomic E-state index is -1.16. The third-order valence-corrected chi connectivity index (χ3v) is 4.98. The minimum absolute atomic E-state index is 0.0296. The van der Waals surface area contributed by atoms with Gasteiger partial charge in [0, 0.05) is 11.3 Å². The second-order valence-corrected chi connectivity index (χ2v) is 5.75. The largest absolute Gasteiger partial charge is 0.476 e. The van der Waals surface area contributed by atoms with Crippen LogP contribution in [0.15, 0.2) is 6.20 Å². The van der Waals surface area contributed by atoms with Crippen LogP contribution < -0.4 is 5.32 Å². The van der Waals surface area contributed by atoms with Crippen molar-refractivity contribution in [3.05, 3.63) is 11.9 Å². The Kier molecular flexibility index (Phi) is 6.00. The molecule has 8 heteroatoms. The molecule has 0 aliphatic heterocycles. The van der Waals surface area contributed by atoms with Crippen LogP contribution in [0.5, 0.6) is 0 Å². The van der Waals surface area contributed by atoms with Crippen LogP contribution in [0.3, 0.4) is 0 Å². The maximum Gasteiger partial charge on any atom is 0.358 e. The number of carbonyl (C=O) groups excluding carboxylic acids is 1. The highest BCUT2D eigenvalue weighted by Crippen LogP contribution is 2.29. The molecule has 7 nitrogen and oxygen atoms in total. The number of amides is 1. The van der Waals surface area contributed by atoms with Crippen molar-refractivity contribution in [2.24, 2.45) is 0 Å². The molecule has 20 heavy (non-hydrogen) atoms. The molecule has 112 valence electrons. The van der Waals surface area contributed by atoms with E-state index in [2.05, 4.69) is 29.5 Å². The van der Waals surface area contributed by atoms with Crippen LogP contribution in [0, 0.1) is 0 Å². The van der Waals surface area contributed by atoms with E-state index in [-0.39, 0.29) is 22.9 Å². The van der Waals surface area contributed by atoms with Crippen molar-refractivity contribution in [1.82, 2.24) is 20.3 Å². The van der Waals surface area contributed by atoms with E-state index in [4.69, 9.17) is 5.11 Å². The van der Waals surface area contributed by atoms with E-state index in [1.165, 1.54) is 10.9 Å². The molecule has 1 rings (SSSR count). The van der Waals surface area contributed by atoms with Gasteiger partial charge in [0.05, 0.1) is 6.20 Å². The van der Waals surface area contributed by atoms with Gasteiger partial charge in [-0.15, -0.1) is 5.10 Å². The van der Waals surface area contributed by atoms with E-state index in [0.717, 1.165) is 12.8 Å². The Balaban J connectivity index is 2.53. The molecule has 0 aliphatic rings. The average Bonchev–Trinajstić information content (AvgIpc) is 2.90. The summed E-state index contributed by atoms with van der Waals surface area (Å²) >= 11 is 1.75. The number of nitrogens with zero attached hydrogens (tertiary/aromatic N) is 3. The van der Waals surface area contributed by atoms with Gasteiger partial charge in [-0.3, -0.25) is 4.79 Å². The standard InChI is InChI=1S/C12H20N4O3S/c1-4-12(5-2,20-3)8-13-10(17)7-16-6-9(11(18)19)14-15-16/h6H,4-5,7-8H2,1-3H3,(H,13,17)(H,18,19). The molecule has 1 amide bonds. The highest BCUT2D eigenvalue weighted by atomic mass is 32.2. The lowest BCUT2D eigenvalue weighted by molar-refractivity contribution is -0.122. The van der Waals surface area contributed by atoms with E-state index < -0.39 is 5.97 Å². The van der Waals surface area contributed by atoms with E-state index in [1.807, 2.05) is 6.26 Å². The van der Waals surface area contributed by atoms with Crippen molar-refractivity contribution in [2.75, 3.05) is 12.8 Å². The summed E-state index contributed by atoms with van der Waals surface area (Å²) in [6.45, 7) is 4.75. The lowest BCUT2D eigenvalue weighted by Gasteiger charge is -2.29. The number of nitrogens with one attached hydrogen (secondary N) is 1. The molecule has 1 heterocycles. The van der Waals surface area contributed by atoms with Crippen molar-refractivity contribution < 1.29 is 14.7 Å². The quantitative estimate of drug-likeness (QED) is 0.744. The van der Waals surface area contributed by atoms with Gasteiger partial charge < -0.3 is 10.4 Å². The summed E-state index contributed by atoms with van der Waals surface area (Å²) in [4.78, 5) is 22.5. The Bertz CT molecular complexity index is 463. The number of carbonyl (C=O) groups is 2. The van der Waals surface area contributed by atoms with Crippen LogP contribution in [0.2, 0.25) is 0 Å². The Labute approximate surface area is 122 Å². The van der Waals surface area contributed by atoms with Gasteiger partial charge in [-0.1, -0.05) is 19.1 Å². The SMILES string of the molecule is CCC(CC)(CNC(=O)Cn1cc(C(=O)O)nn1)SC. The monoisotopic (exact) mass is 300 g/mol. The Morgan fingerprint density at radius 1 is 1.45 bits per heavy atom. The fourth-order valence-corrected chi connectivity index (χ4v) is 2.59. The highest BCUT2D eigenvalue weighted by molar-refractivity contribution is 8.00. The van der Waals surface area contributed by atoms with Gasteiger partial charge in [0.15, 0.2) is 5.69 Å². The lowest BCUT2D eigenvalue weighted by Crippen LogP contribution is -2.40. The summed E-state index contributed by atoms with van der Waals surface area (Å²) in [7, 11) is 0. The van der Waals surface area contributed by atoms with Crippen molar-refractivity contribution in [3.8, 4) is 0 Å². The van der Waals surface area contributed by atoms with Gasteiger partial charge in [0.25, 0.3) is 0 Å². The summed E-state index contributed by atoms with van der Waals surface area (Å²) in [6.07, 6.45) is 5.22. The van der Waals surface area contributed by atoms with Gasteiger partial charge in [-0.2, -0.15) is 11.8 Å². The van der Waals surface area contributed by atoms with Crippen molar-refractivity contribution in [3.63, 3.8) is 0 Å². The van der Waals surface area contributed by atoms with Gasteiger partial charge in [-0.05, 0) is 19.1 Å². The Hall–Kier alpha value is -1.57. The number of carboxylic acids is 1. The summed E-state index contributed by atoms with van der Waals surface area (Å²) in [5.74, 6) is -1.36. The number of rotatable bonds is 8. The molecule has 0 spiro atoms. The van der Waals surface area contributed by atoms with Crippen LogP contribution in [-0.2, 0) is 11.3 Å². The molecular formula is C12H20N4O3S. The van der Waals surface area contributed by atoms with Crippen molar-refractivity contribution in [1.29, 1.82) is 0 Å². The molecule has 2 N–H and O–H groups in total. The number of aromatic carboxylic acids is 1. The molecule has 1 aromatic rings. The molecule has 0 aliphatic carbocycles. The fraction of sp³-hybridized carbons (Fsp3) is 0.667. The van der Waals surface area contributed by atoms with Gasteiger partial charge in [0.2, 0.25) is 5.91 Å². The number of carboxylic acid groups (broad SMARTS) is 1. The van der Waals surface area contributed by atoms with Crippen LogP contribution >= 0.6 is 11.8 Å². The molecule has 0 atom stereocenters. The lowest BCUT2D eigenvalue weighted by atomic mass is 10.0. The third-order valence-electron chi connectivity index (χ3n) is 3.39. The number of hydrogen-bond acceptors (Lipinski definition) is 5. The summed E-state index contributed by atoms with van der Waals surface area (Å²) in [5.41, 5.74) is -0.168. The molecule has 0 aromatic carbocycles. The number of aromatic nitrogens is 3. The molecule has 0 radical (unpaired) electrons. The number of hydrogen-bond donors (Lipinski definition) is 2. The number of thioether (sulfide) groups is 1. The summed E-state index contributed by atoms with van der Waals surface area (Å²) < 4.78 is 1.27. The predicted octanol–water partition coefficient (Wildman–Crippen LogP) is 1.01. The summed E-state index contributed by atoms with van der Waals surface area (Å²) in [6, 6.07) is 0. The molecule has 0 unspecified atom stereocenters. The first-order valence-corrected chi connectivity index (χ1v) is 7.64. The van der Waals surface area contributed by atoms with E-state index in [1.54, 1.807) is 11.8 Å². The molecule has 0 bridgehead atoms. The van der Waals surface area contributed by atoms with Gasteiger partial charge in [-0.25, -0.2) is 9.48 Å². The first kappa shape index (κ1) is 16.5. The second kappa shape index (κ2) is 7.28. The minimum Gasteiger partial charge on any atom is -0.476 e. The first-order valence-electron chi connectivity index (χ1n) is 6.41. The molecular weight excluding hydrogens is 280 g/mol. The van der Waals surface area contributed by atoms with E-state index >= 15 is 0 Å². The fourth-order valence-electron chi connectivity index (χ4n) is 1.80. The molecule has 1 aromatic heterocycles. The first-order chi connectivity index (χ1) is 9.46. The topological polar surface area (TPSA) is 97.1 Å². The third kappa shape index (κ3) is 4.22. The van der Waals surface area contributed by atoms with Crippen LogP contribution in [0.4, 0.5) is 0 Å². The predicted molar refractivity (Wildman–Crippen MR) is 76.8 cm³/mol. The second-order valence-electron chi connectivity index (χ2n) is 4.48. The normalized spacial score (nSPS) is 11.3. The van der Waals surface area contributed by atoms with Crippen molar-refractivity contribution >= 4 is 23.6 Å². The van der Waals surface area contributed by atoms with E-state index in [0.29, 0.717) is 6.54 Å². The van der Waals surface area contributed by atoms with Crippen LogP contribution in [0.25, 0.3) is 0 Å². The molecule has 0 fully saturated rings. The zero-order chi connectivity index (χ0) is 15.2. The van der Waals surface area contributed by atoms with Crippen LogP contribution in [0.1, 0.15) is 37.2 Å².